The van der Waals surface area contributed by atoms with Crippen molar-refractivity contribution >= 4 is 15.9 Å². The van der Waals surface area contributed by atoms with Gasteiger partial charge in [-0.25, -0.2) is 0 Å². The maximum Gasteiger partial charge on any atom is 0.0738 e. The highest BCUT2D eigenvalue weighted by molar-refractivity contribution is 9.10. The molecule has 3 rings (SSSR count). The Labute approximate surface area is 122 Å². The van der Waals surface area contributed by atoms with Crippen LogP contribution >= 0.6 is 15.9 Å². The summed E-state index contributed by atoms with van der Waals surface area (Å²) >= 11 is 3.68. The Kier molecular flexibility index (Phi) is 3.23. The number of nitrogens with zero attached hydrogens (tertiary/aromatic N) is 2. The topological polar surface area (TPSA) is 29.9 Å². The maximum absolute atomic E-state index is 4.50. The zero-order valence-corrected chi connectivity index (χ0v) is 12.9. The SMILES string of the molecule is Cc1nn(C)c(CC2(c3ccccc3)CNC2)c1Br. The summed E-state index contributed by atoms with van der Waals surface area (Å²) < 4.78 is 3.15. The predicted octanol–water partition coefficient (Wildman–Crippen LogP) is 2.57. The summed E-state index contributed by atoms with van der Waals surface area (Å²) in [5.41, 5.74) is 3.97. The Morgan fingerprint density at radius 2 is 2.00 bits per heavy atom. The first-order chi connectivity index (χ1) is 9.12. The van der Waals surface area contributed by atoms with Gasteiger partial charge in [-0.1, -0.05) is 30.3 Å². The quantitative estimate of drug-likeness (QED) is 0.942. The third-order valence-electron chi connectivity index (χ3n) is 4.08. The van der Waals surface area contributed by atoms with Gasteiger partial charge < -0.3 is 5.32 Å². The van der Waals surface area contributed by atoms with Gasteiger partial charge in [-0.15, -0.1) is 0 Å². The number of aromatic nitrogens is 2. The van der Waals surface area contributed by atoms with Crippen LogP contribution in [0, 0.1) is 6.92 Å². The fourth-order valence-electron chi connectivity index (χ4n) is 2.84. The minimum Gasteiger partial charge on any atom is -0.315 e. The van der Waals surface area contributed by atoms with Crippen molar-refractivity contribution in [1.82, 2.24) is 15.1 Å². The number of hydrogen-bond acceptors (Lipinski definition) is 2. The molecule has 1 aromatic heterocycles. The van der Waals surface area contributed by atoms with Crippen molar-refractivity contribution in [2.24, 2.45) is 7.05 Å². The lowest BCUT2D eigenvalue weighted by atomic mass is 9.72. The molecule has 4 heteroatoms. The summed E-state index contributed by atoms with van der Waals surface area (Å²) in [7, 11) is 2.03. The highest BCUT2D eigenvalue weighted by atomic mass is 79.9. The van der Waals surface area contributed by atoms with E-state index < -0.39 is 0 Å². The molecule has 0 radical (unpaired) electrons. The van der Waals surface area contributed by atoms with Crippen LogP contribution in [-0.4, -0.2) is 22.9 Å². The Morgan fingerprint density at radius 3 is 2.47 bits per heavy atom. The van der Waals surface area contributed by atoms with Crippen molar-refractivity contribution in [3.05, 3.63) is 51.8 Å². The first kappa shape index (κ1) is 12.9. The van der Waals surface area contributed by atoms with Crippen LogP contribution in [-0.2, 0) is 18.9 Å². The van der Waals surface area contributed by atoms with Crippen molar-refractivity contribution in [3.63, 3.8) is 0 Å². The van der Waals surface area contributed by atoms with Crippen LogP contribution in [0.5, 0.6) is 0 Å². The van der Waals surface area contributed by atoms with E-state index in [1.54, 1.807) is 0 Å². The summed E-state index contributed by atoms with van der Waals surface area (Å²) in [6.07, 6.45) is 1.02. The van der Waals surface area contributed by atoms with Crippen LogP contribution in [0.4, 0.5) is 0 Å². The summed E-state index contributed by atoms with van der Waals surface area (Å²) in [4.78, 5) is 0. The zero-order valence-electron chi connectivity index (χ0n) is 11.3. The van der Waals surface area contributed by atoms with Crippen LogP contribution in [0.15, 0.2) is 34.8 Å². The maximum atomic E-state index is 4.50. The van der Waals surface area contributed by atoms with E-state index in [-0.39, 0.29) is 5.41 Å². The van der Waals surface area contributed by atoms with E-state index in [4.69, 9.17) is 0 Å². The van der Waals surface area contributed by atoms with Gasteiger partial charge in [0, 0.05) is 32.0 Å². The number of aryl methyl sites for hydroxylation is 2. The molecule has 1 aromatic carbocycles. The van der Waals surface area contributed by atoms with Gasteiger partial charge in [0.2, 0.25) is 0 Å². The number of benzene rings is 1. The second kappa shape index (κ2) is 4.76. The molecule has 1 aliphatic heterocycles. The smallest absolute Gasteiger partial charge is 0.0738 e. The molecule has 1 fully saturated rings. The van der Waals surface area contributed by atoms with Crippen LogP contribution in [0.3, 0.4) is 0 Å². The summed E-state index contributed by atoms with van der Waals surface area (Å²) in [5.74, 6) is 0. The number of hydrogen-bond donors (Lipinski definition) is 1. The van der Waals surface area contributed by atoms with Gasteiger partial charge in [-0.05, 0) is 28.4 Å². The van der Waals surface area contributed by atoms with E-state index in [1.807, 2.05) is 18.7 Å². The number of nitrogens with one attached hydrogen (secondary N) is 1. The second-order valence-corrected chi connectivity index (χ2v) is 6.19. The Balaban J connectivity index is 1.96. The highest BCUT2D eigenvalue weighted by Crippen LogP contribution is 2.35. The fourth-order valence-corrected chi connectivity index (χ4v) is 3.32. The standard InChI is InChI=1S/C15H18BrN3/c1-11-14(16)13(19(2)18-11)8-15(9-17-10-15)12-6-4-3-5-7-12/h3-7,17H,8-10H2,1-2H3. The van der Waals surface area contributed by atoms with E-state index >= 15 is 0 Å². The molecule has 0 unspecified atom stereocenters. The number of halogens is 1. The lowest BCUT2D eigenvalue weighted by molar-refractivity contribution is 0.269. The summed E-state index contributed by atoms with van der Waals surface area (Å²) in [5, 5.41) is 7.92. The molecule has 2 aromatic rings. The van der Waals surface area contributed by atoms with Gasteiger partial charge in [0.05, 0.1) is 15.9 Å². The molecule has 0 aliphatic carbocycles. The molecule has 0 saturated carbocycles. The van der Waals surface area contributed by atoms with Gasteiger partial charge >= 0.3 is 0 Å². The number of rotatable bonds is 3. The van der Waals surface area contributed by atoms with E-state index in [0.717, 1.165) is 29.7 Å². The molecule has 0 bridgehead atoms. The molecular weight excluding hydrogens is 302 g/mol. The van der Waals surface area contributed by atoms with Crippen molar-refractivity contribution in [1.29, 1.82) is 0 Å². The molecule has 1 N–H and O–H groups in total. The minimum atomic E-state index is 0.212. The Morgan fingerprint density at radius 1 is 1.32 bits per heavy atom. The van der Waals surface area contributed by atoms with Gasteiger partial charge in [0.15, 0.2) is 0 Å². The monoisotopic (exact) mass is 319 g/mol. The molecule has 1 aliphatic rings. The van der Waals surface area contributed by atoms with Gasteiger partial charge in [-0.3, -0.25) is 4.68 Å². The van der Waals surface area contributed by atoms with Crippen molar-refractivity contribution in [2.45, 2.75) is 18.8 Å². The van der Waals surface area contributed by atoms with E-state index in [0.29, 0.717) is 0 Å². The largest absolute Gasteiger partial charge is 0.315 e. The molecular formula is C15H18BrN3. The van der Waals surface area contributed by atoms with E-state index in [9.17, 15) is 0 Å². The normalized spacial score (nSPS) is 17.2. The zero-order chi connectivity index (χ0) is 13.5. The average molecular weight is 320 g/mol. The van der Waals surface area contributed by atoms with Gasteiger partial charge in [0.25, 0.3) is 0 Å². The molecule has 1 saturated heterocycles. The van der Waals surface area contributed by atoms with E-state index in [2.05, 4.69) is 56.7 Å². The molecule has 3 nitrogen and oxygen atoms in total. The molecule has 100 valence electrons. The van der Waals surface area contributed by atoms with E-state index in [1.165, 1.54) is 11.3 Å². The highest BCUT2D eigenvalue weighted by Gasteiger charge is 2.40. The molecule has 19 heavy (non-hydrogen) atoms. The lowest BCUT2D eigenvalue weighted by Crippen LogP contribution is -2.58. The molecule has 0 amide bonds. The van der Waals surface area contributed by atoms with Crippen LogP contribution < -0.4 is 5.32 Å². The van der Waals surface area contributed by atoms with Crippen LogP contribution in [0.2, 0.25) is 0 Å². The molecule has 0 spiro atoms. The second-order valence-electron chi connectivity index (χ2n) is 5.40. The first-order valence-corrected chi connectivity index (χ1v) is 7.36. The Bertz CT molecular complexity index is 585. The third-order valence-corrected chi connectivity index (χ3v) is 5.11. The van der Waals surface area contributed by atoms with Crippen molar-refractivity contribution in [3.8, 4) is 0 Å². The average Bonchev–Trinajstić information content (AvgIpc) is 2.60. The predicted molar refractivity (Wildman–Crippen MR) is 80.3 cm³/mol. The lowest BCUT2D eigenvalue weighted by Gasteiger charge is -2.43. The fraction of sp³-hybridized carbons (Fsp3) is 0.400. The van der Waals surface area contributed by atoms with Crippen LogP contribution in [0.1, 0.15) is 17.0 Å². The minimum absolute atomic E-state index is 0.212. The summed E-state index contributed by atoms with van der Waals surface area (Å²) in [6, 6.07) is 10.8. The van der Waals surface area contributed by atoms with Crippen molar-refractivity contribution in [2.75, 3.05) is 13.1 Å². The van der Waals surface area contributed by atoms with Crippen molar-refractivity contribution < 1.29 is 0 Å². The van der Waals surface area contributed by atoms with Gasteiger partial charge in [0.1, 0.15) is 0 Å². The first-order valence-electron chi connectivity index (χ1n) is 6.57. The van der Waals surface area contributed by atoms with Crippen LogP contribution in [0.25, 0.3) is 0 Å². The molecule has 2 heterocycles. The summed E-state index contributed by atoms with van der Waals surface area (Å²) in [6.45, 7) is 4.11. The molecule has 0 atom stereocenters. The Hall–Kier alpha value is -1.13. The third kappa shape index (κ3) is 2.13. The van der Waals surface area contributed by atoms with Gasteiger partial charge in [-0.2, -0.15) is 5.10 Å².